The molecule has 0 atom stereocenters. The first-order chi connectivity index (χ1) is 7.97. The number of halogens is 1. The van der Waals surface area contributed by atoms with Crippen LogP contribution in [-0.2, 0) is 0 Å². The average Bonchev–Trinajstić information content (AvgIpc) is 2.29. The van der Waals surface area contributed by atoms with Crippen molar-refractivity contribution >= 4 is 34.3 Å². The number of hydrazine groups is 2. The minimum absolute atomic E-state index is 0.0494. The minimum Gasteiger partial charge on any atom is -0.490 e. The van der Waals surface area contributed by atoms with E-state index in [0.29, 0.717) is 11.4 Å². The number of hydrogen-bond acceptors (Lipinski definition) is 4. The van der Waals surface area contributed by atoms with Gasteiger partial charge in [-0.25, -0.2) is 21.5 Å². The van der Waals surface area contributed by atoms with Gasteiger partial charge in [-0.1, -0.05) is 6.07 Å². The Hall–Kier alpha value is -1.06. The average molecular weight is 350 g/mol. The number of nitrogens with zero attached hydrogens (tertiary/aromatic N) is 1. The molecule has 0 fully saturated rings. The van der Waals surface area contributed by atoms with E-state index in [1.54, 1.807) is 12.1 Å². The van der Waals surface area contributed by atoms with Crippen molar-refractivity contribution in [1.82, 2.24) is 5.43 Å². The molecule has 0 saturated heterocycles. The Balaban J connectivity index is 3.05. The van der Waals surface area contributed by atoms with Gasteiger partial charge in [-0.2, -0.15) is 0 Å². The van der Waals surface area contributed by atoms with Crippen molar-refractivity contribution in [2.75, 3.05) is 5.01 Å². The molecule has 1 aromatic carbocycles. The first kappa shape index (κ1) is 14.0. The highest BCUT2D eigenvalue weighted by molar-refractivity contribution is 14.1. The van der Waals surface area contributed by atoms with E-state index in [9.17, 15) is 4.79 Å². The van der Waals surface area contributed by atoms with Gasteiger partial charge in [0.15, 0.2) is 0 Å². The second-order valence-electron chi connectivity index (χ2n) is 3.58. The predicted octanol–water partition coefficient (Wildman–Crippen LogP) is 1.34. The number of urea groups is 1. The standard InChI is InChI=1S/C10H15IN4O2/c1-6(2)17-8-5-3-4-7(9(8)11)15(13)10(16)14-12/h3-6H,12-13H2,1-2H3,(H,14,16). The van der Waals surface area contributed by atoms with Crippen LogP contribution in [0.2, 0.25) is 0 Å². The van der Waals surface area contributed by atoms with Crippen molar-refractivity contribution in [1.29, 1.82) is 0 Å². The SMILES string of the molecule is CC(C)Oc1cccc(N(N)C(=O)NN)c1I. The number of rotatable bonds is 3. The molecule has 0 unspecified atom stereocenters. The smallest absolute Gasteiger partial charge is 0.350 e. The topological polar surface area (TPSA) is 93.6 Å². The summed E-state index contributed by atoms with van der Waals surface area (Å²) in [7, 11) is 0. The first-order valence-corrected chi connectivity index (χ1v) is 6.05. The number of benzene rings is 1. The third kappa shape index (κ3) is 3.45. The van der Waals surface area contributed by atoms with Crippen LogP contribution in [0.1, 0.15) is 13.8 Å². The maximum Gasteiger partial charge on any atom is 0.350 e. The fourth-order valence-electron chi connectivity index (χ4n) is 1.21. The summed E-state index contributed by atoms with van der Waals surface area (Å²) in [5.41, 5.74) is 2.50. The molecule has 7 heteroatoms. The van der Waals surface area contributed by atoms with E-state index in [-0.39, 0.29) is 6.10 Å². The molecule has 0 aliphatic rings. The highest BCUT2D eigenvalue weighted by Crippen LogP contribution is 2.30. The Labute approximate surface area is 113 Å². The largest absolute Gasteiger partial charge is 0.490 e. The Morgan fingerprint density at radius 2 is 2.18 bits per heavy atom. The fourth-order valence-corrected chi connectivity index (χ4v) is 1.96. The Bertz CT molecular complexity index is 411. The molecule has 0 heterocycles. The summed E-state index contributed by atoms with van der Waals surface area (Å²) in [5.74, 6) is 11.3. The summed E-state index contributed by atoms with van der Waals surface area (Å²) in [4.78, 5) is 11.3. The quantitative estimate of drug-likeness (QED) is 0.332. The monoisotopic (exact) mass is 350 g/mol. The van der Waals surface area contributed by atoms with Gasteiger partial charge in [0.1, 0.15) is 5.75 Å². The molecular weight excluding hydrogens is 335 g/mol. The van der Waals surface area contributed by atoms with Gasteiger partial charge in [0.25, 0.3) is 0 Å². The van der Waals surface area contributed by atoms with Crippen molar-refractivity contribution in [3.8, 4) is 5.75 Å². The van der Waals surface area contributed by atoms with E-state index < -0.39 is 6.03 Å². The van der Waals surface area contributed by atoms with Gasteiger partial charge >= 0.3 is 6.03 Å². The lowest BCUT2D eigenvalue weighted by Gasteiger charge is -2.19. The second-order valence-corrected chi connectivity index (χ2v) is 4.65. The number of ether oxygens (including phenoxy) is 1. The molecule has 0 aliphatic heterocycles. The van der Waals surface area contributed by atoms with Crippen LogP contribution in [-0.4, -0.2) is 12.1 Å². The zero-order valence-corrected chi connectivity index (χ0v) is 11.8. The van der Waals surface area contributed by atoms with Crippen LogP contribution in [0, 0.1) is 3.57 Å². The zero-order chi connectivity index (χ0) is 13.0. The lowest BCUT2D eigenvalue weighted by atomic mass is 10.3. The Morgan fingerprint density at radius 1 is 1.53 bits per heavy atom. The van der Waals surface area contributed by atoms with Crippen LogP contribution < -0.4 is 26.9 Å². The number of nitrogens with two attached hydrogens (primary N) is 2. The van der Waals surface area contributed by atoms with E-state index in [1.165, 1.54) is 0 Å². The molecule has 2 amide bonds. The molecule has 0 aromatic heterocycles. The number of hydrogen-bond donors (Lipinski definition) is 3. The van der Waals surface area contributed by atoms with Crippen molar-refractivity contribution < 1.29 is 9.53 Å². The van der Waals surface area contributed by atoms with E-state index in [4.69, 9.17) is 16.4 Å². The molecule has 0 saturated carbocycles. The number of carbonyl (C=O) groups is 1. The van der Waals surface area contributed by atoms with Crippen LogP contribution in [0.3, 0.4) is 0 Å². The van der Waals surface area contributed by atoms with Crippen LogP contribution in [0.25, 0.3) is 0 Å². The molecular formula is C10H15IN4O2. The number of nitrogens with one attached hydrogen (secondary N) is 1. The van der Waals surface area contributed by atoms with Gasteiger partial charge < -0.3 is 4.74 Å². The number of amides is 2. The van der Waals surface area contributed by atoms with E-state index in [2.05, 4.69) is 22.6 Å². The Morgan fingerprint density at radius 3 is 2.71 bits per heavy atom. The zero-order valence-electron chi connectivity index (χ0n) is 9.61. The van der Waals surface area contributed by atoms with Crippen LogP contribution in [0.5, 0.6) is 5.75 Å². The predicted molar refractivity (Wildman–Crippen MR) is 74.3 cm³/mol. The lowest BCUT2D eigenvalue weighted by molar-refractivity contribution is 0.240. The third-order valence-corrected chi connectivity index (χ3v) is 2.99. The molecule has 0 radical (unpaired) electrons. The van der Waals surface area contributed by atoms with Gasteiger partial charge in [-0.3, -0.25) is 5.43 Å². The molecule has 6 nitrogen and oxygen atoms in total. The van der Waals surface area contributed by atoms with E-state index in [0.717, 1.165) is 8.58 Å². The van der Waals surface area contributed by atoms with Gasteiger partial charge in [-0.05, 0) is 48.6 Å². The minimum atomic E-state index is -0.593. The second kappa shape index (κ2) is 6.03. The molecule has 17 heavy (non-hydrogen) atoms. The van der Waals surface area contributed by atoms with Gasteiger partial charge in [0.05, 0.1) is 15.4 Å². The fraction of sp³-hybridized carbons (Fsp3) is 0.300. The summed E-state index contributed by atoms with van der Waals surface area (Å²) in [6.07, 6.45) is 0.0494. The van der Waals surface area contributed by atoms with Crippen LogP contribution in [0.15, 0.2) is 18.2 Å². The summed E-state index contributed by atoms with van der Waals surface area (Å²) in [5, 5.41) is 0.939. The molecule has 0 spiro atoms. The van der Waals surface area contributed by atoms with Gasteiger partial charge in [0, 0.05) is 0 Å². The molecule has 0 aliphatic carbocycles. The summed E-state index contributed by atoms with van der Waals surface area (Å²) in [6, 6.07) is 4.70. The van der Waals surface area contributed by atoms with Crippen LogP contribution in [0.4, 0.5) is 10.5 Å². The molecule has 94 valence electrons. The maximum absolute atomic E-state index is 11.3. The van der Waals surface area contributed by atoms with Crippen LogP contribution >= 0.6 is 22.6 Å². The summed E-state index contributed by atoms with van der Waals surface area (Å²) < 4.78 is 6.35. The Kier molecular flexibility index (Phi) is 4.97. The number of anilines is 1. The van der Waals surface area contributed by atoms with E-state index in [1.807, 2.05) is 25.3 Å². The normalized spacial score (nSPS) is 10.2. The highest BCUT2D eigenvalue weighted by Gasteiger charge is 2.16. The molecule has 0 bridgehead atoms. The molecule has 5 N–H and O–H groups in total. The van der Waals surface area contributed by atoms with Crippen molar-refractivity contribution in [2.24, 2.45) is 11.7 Å². The molecule has 1 aromatic rings. The van der Waals surface area contributed by atoms with Crippen molar-refractivity contribution in [3.63, 3.8) is 0 Å². The first-order valence-electron chi connectivity index (χ1n) is 4.98. The van der Waals surface area contributed by atoms with Crippen molar-refractivity contribution in [3.05, 3.63) is 21.8 Å². The van der Waals surface area contributed by atoms with Crippen molar-refractivity contribution in [2.45, 2.75) is 20.0 Å². The maximum atomic E-state index is 11.3. The lowest BCUT2D eigenvalue weighted by Crippen LogP contribution is -2.48. The summed E-state index contributed by atoms with van der Waals surface area (Å²) in [6.45, 7) is 3.85. The van der Waals surface area contributed by atoms with E-state index >= 15 is 0 Å². The van der Waals surface area contributed by atoms with Gasteiger partial charge in [-0.15, -0.1) is 0 Å². The van der Waals surface area contributed by atoms with Gasteiger partial charge in [0.2, 0.25) is 0 Å². The number of carbonyl (C=O) groups excluding carboxylic acids is 1. The highest BCUT2D eigenvalue weighted by atomic mass is 127. The molecule has 1 rings (SSSR count). The third-order valence-electron chi connectivity index (χ3n) is 1.91. The summed E-state index contributed by atoms with van der Waals surface area (Å²) >= 11 is 2.07.